The van der Waals surface area contributed by atoms with Crippen LogP contribution in [0.15, 0.2) is 0 Å². The van der Waals surface area contributed by atoms with Crippen LogP contribution in [0.2, 0.25) is 0 Å². The summed E-state index contributed by atoms with van der Waals surface area (Å²) in [4.78, 5) is 5.15. The van der Waals surface area contributed by atoms with Crippen LogP contribution in [0.25, 0.3) is 0 Å². The van der Waals surface area contributed by atoms with Crippen molar-refractivity contribution in [3.8, 4) is 0 Å². The highest BCUT2D eigenvalue weighted by Crippen LogP contribution is 1.93. The fourth-order valence-corrected chi connectivity index (χ4v) is 0.655. The second-order valence-corrected chi connectivity index (χ2v) is 1.82. The predicted octanol–water partition coefficient (Wildman–Crippen LogP) is -0.619. The van der Waals surface area contributed by atoms with Gasteiger partial charge in [-0.25, -0.2) is 0 Å². The summed E-state index contributed by atoms with van der Waals surface area (Å²) < 4.78 is 0. The third-order valence-corrected chi connectivity index (χ3v) is 1.18. The van der Waals surface area contributed by atoms with Crippen molar-refractivity contribution >= 4 is 23.5 Å². The Labute approximate surface area is 63.2 Å². The minimum Gasteiger partial charge on any atom is -0.367 e. The first-order valence-corrected chi connectivity index (χ1v) is 3.10. The molecule has 0 unspecified atom stereocenters. The van der Waals surface area contributed by atoms with E-state index >= 15 is 0 Å². The largest absolute Gasteiger partial charge is 0.367 e. The Morgan fingerprint density at radius 1 is 1.80 bits per heavy atom. The molecule has 5 nitrogen and oxygen atoms in total. The predicted molar refractivity (Wildman–Crippen MR) is 42.5 cm³/mol. The molecule has 54 valence electrons. The van der Waals surface area contributed by atoms with Crippen molar-refractivity contribution in [3.63, 3.8) is 0 Å². The molecule has 3 N–H and O–H groups in total. The molecule has 0 saturated heterocycles. The fraction of sp³-hybridized carbons (Fsp3) is 0.250. The van der Waals surface area contributed by atoms with Crippen LogP contribution in [0, 0.1) is 0 Å². The van der Waals surface area contributed by atoms with E-state index in [1.807, 2.05) is 0 Å². The molecule has 1 aromatic heterocycles. The highest BCUT2D eigenvalue weighted by atomic mass is 32.1. The van der Waals surface area contributed by atoms with Crippen molar-refractivity contribution in [1.82, 2.24) is 14.9 Å². The zero-order chi connectivity index (χ0) is 7.56. The highest BCUT2D eigenvalue weighted by molar-refractivity contribution is 7.79. The molecule has 10 heavy (non-hydrogen) atoms. The summed E-state index contributed by atoms with van der Waals surface area (Å²) >= 11 is 4.59. The summed E-state index contributed by atoms with van der Waals surface area (Å²) in [7, 11) is 1.69. The highest BCUT2D eigenvalue weighted by Gasteiger charge is 2.00. The molecule has 1 heterocycles. The molecule has 0 spiro atoms. The van der Waals surface area contributed by atoms with Crippen molar-refractivity contribution in [2.45, 2.75) is 0 Å². The molecule has 0 aliphatic rings. The van der Waals surface area contributed by atoms with Gasteiger partial charge in [-0.2, -0.15) is 4.98 Å². The van der Waals surface area contributed by atoms with Crippen LogP contribution >= 0.6 is 12.2 Å². The van der Waals surface area contributed by atoms with Gasteiger partial charge in [0.05, 0.1) is 0 Å². The van der Waals surface area contributed by atoms with Crippen molar-refractivity contribution in [2.75, 3.05) is 18.2 Å². The number of nitrogens with two attached hydrogens (primary N) is 1. The van der Waals surface area contributed by atoms with Gasteiger partial charge in [0.15, 0.2) is 5.82 Å². The van der Waals surface area contributed by atoms with E-state index in [0.717, 1.165) is 0 Å². The summed E-state index contributed by atoms with van der Waals surface area (Å²) in [5.74, 6) is 0.750. The Morgan fingerprint density at radius 2 is 2.50 bits per heavy atom. The maximum Gasteiger partial charge on any atom is 0.239 e. The van der Waals surface area contributed by atoms with Gasteiger partial charge in [-0.3, -0.25) is 0 Å². The van der Waals surface area contributed by atoms with Gasteiger partial charge >= 0.3 is 0 Å². The summed E-state index contributed by atoms with van der Waals surface area (Å²) in [6.07, 6.45) is 0. The number of nitrogens with zero attached hydrogens (tertiary/aromatic N) is 3. The Hall–Kier alpha value is -1.17. The van der Waals surface area contributed by atoms with Crippen LogP contribution in [-0.4, -0.2) is 27.3 Å². The molecule has 0 aliphatic heterocycles. The van der Waals surface area contributed by atoms with E-state index in [9.17, 15) is 0 Å². The number of aromatic nitrogens is 3. The van der Waals surface area contributed by atoms with E-state index in [0.29, 0.717) is 11.8 Å². The molecule has 0 amide bonds. The molecule has 0 aromatic carbocycles. The zero-order valence-electron chi connectivity index (χ0n) is 5.40. The Bertz CT molecular complexity index is 242. The molecule has 0 atom stereocenters. The van der Waals surface area contributed by atoms with Crippen molar-refractivity contribution < 1.29 is 0 Å². The number of anilines is 1. The van der Waals surface area contributed by atoms with Gasteiger partial charge < -0.3 is 11.2 Å². The second kappa shape index (κ2) is 2.61. The maximum absolute atomic E-state index is 5.39. The van der Waals surface area contributed by atoms with E-state index < -0.39 is 0 Å². The van der Waals surface area contributed by atoms with Crippen molar-refractivity contribution in [2.24, 2.45) is 0 Å². The lowest BCUT2D eigenvalue weighted by Crippen LogP contribution is -2.13. The average Bonchev–Trinajstić information content (AvgIpc) is 2.30. The lowest BCUT2D eigenvalue weighted by molar-refractivity contribution is 0.790. The minimum atomic E-state index is 0.304. The third-order valence-electron chi connectivity index (χ3n) is 0.966. The zero-order valence-corrected chi connectivity index (χ0v) is 6.22. The van der Waals surface area contributed by atoms with Gasteiger partial charge in [0, 0.05) is 12.4 Å². The van der Waals surface area contributed by atoms with E-state index in [2.05, 4.69) is 27.7 Å². The molecule has 6 heteroatoms. The fourth-order valence-electron chi connectivity index (χ4n) is 0.555. The first-order valence-electron chi connectivity index (χ1n) is 2.63. The molecular weight excluding hydrogens is 150 g/mol. The van der Waals surface area contributed by atoms with Gasteiger partial charge in [-0.15, -0.1) is 9.89 Å². The molecular formula is C4H7N5S. The van der Waals surface area contributed by atoms with Crippen LogP contribution in [0.3, 0.4) is 0 Å². The topological polar surface area (TPSA) is 68.8 Å². The second-order valence-electron chi connectivity index (χ2n) is 1.58. The lowest BCUT2D eigenvalue weighted by atomic mass is 10.7. The maximum atomic E-state index is 5.39. The monoisotopic (exact) mass is 157 g/mol. The summed E-state index contributed by atoms with van der Waals surface area (Å²) in [5.41, 5.74) is 8.09. The molecule has 0 saturated carbocycles. The Kier molecular flexibility index (Phi) is 1.81. The number of thiocarbonyl (C=S) groups is 1. The summed E-state index contributed by atoms with van der Waals surface area (Å²) in [5, 5.41) is 5.22. The Balaban J connectivity index is 3.03. The molecule has 0 bridgehead atoms. The number of rotatable bonds is 2. The minimum absolute atomic E-state index is 0.304. The lowest BCUT2D eigenvalue weighted by Gasteiger charge is -1.96. The van der Waals surface area contributed by atoms with Crippen molar-refractivity contribution in [3.05, 3.63) is 5.82 Å². The molecule has 0 radical (unpaired) electrons. The quantitative estimate of drug-likeness (QED) is 0.560. The van der Waals surface area contributed by atoms with Crippen LogP contribution in [0.4, 0.5) is 5.95 Å². The molecule has 1 rings (SSSR count). The van der Waals surface area contributed by atoms with E-state index in [1.54, 1.807) is 7.05 Å². The van der Waals surface area contributed by atoms with Crippen LogP contribution in [-0.2, 0) is 0 Å². The Morgan fingerprint density at radius 3 is 2.80 bits per heavy atom. The van der Waals surface area contributed by atoms with Crippen molar-refractivity contribution in [1.29, 1.82) is 0 Å². The first kappa shape index (κ1) is 6.94. The third kappa shape index (κ3) is 1.06. The normalized spacial score (nSPS) is 9.30. The van der Waals surface area contributed by atoms with Gasteiger partial charge in [-0.05, 0) is 0 Å². The smallest absolute Gasteiger partial charge is 0.239 e. The van der Waals surface area contributed by atoms with Gasteiger partial charge in [-0.1, -0.05) is 12.2 Å². The number of hydrogen-bond donors (Lipinski definition) is 2. The number of nitrogen functional groups attached to an aromatic ring is 1. The van der Waals surface area contributed by atoms with Crippen LogP contribution in [0.1, 0.15) is 5.82 Å². The van der Waals surface area contributed by atoms with E-state index in [1.165, 1.54) is 10.2 Å². The molecule has 0 aliphatic carbocycles. The summed E-state index contributed by atoms with van der Waals surface area (Å²) in [6, 6.07) is 0. The van der Waals surface area contributed by atoms with Gasteiger partial charge in [0.1, 0.15) is 0 Å². The van der Waals surface area contributed by atoms with Crippen LogP contribution in [0.5, 0.6) is 0 Å². The SMILES string of the molecule is CNn1nc(C=S)nc1N. The summed E-state index contributed by atoms with van der Waals surface area (Å²) in [6.45, 7) is 0. The van der Waals surface area contributed by atoms with E-state index in [-0.39, 0.29) is 0 Å². The molecule has 0 fully saturated rings. The van der Waals surface area contributed by atoms with Gasteiger partial charge in [0.2, 0.25) is 5.95 Å². The first-order chi connectivity index (χ1) is 4.77. The average molecular weight is 157 g/mol. The standard InChI is InChI=1S/C4H7N5S/c1-6-9-4(5)7-3(2-10)8-9/h2,6H,1H3,(H2,5,7,8). The molecule has 1 aromatic rings. The number of nitrogens with one attached hydrogen (secondary N) is 1. The van der Waals surface area contributed by atoms with E-state index in [4.69, 9.17) is 5.73 Å². The van der Waals surface area contributed by atoms with Gasteiger partial charge in [0.25, 0.3) is 0 Å². The van der Waals surface area contributed by atoms with Crippen LogP contribution < -0.4 is 11.2 Å². The number of hydrogen-bond acceptors (Lipinski definition) is 5.